The van der Waals surface area contributed by atoms with Gasteiger partial charge in [0.15, 0.2) is 6.29 Å². The average Bonchev–Trinajstić information content (AvgIpc) is 2.52. The van der Waals surface area contributed by atoms with Crippen molar-refractivity contribution in [2.24, 2.45) is 0 Å². The number of hydrogen-bond acceptors (Lipinski definition) is 3. The summed E-state index contributed by atoms with van der Waals surface area (Å²) in [5.74, 6) is -1.90. The molecule has 2 rings (SSSR count). The molecule has 1 atom stereocenters. The van der Waals surface area contributed by atoms with Crippen LogP contribution in [0, 0.1) is 0 Å². The fourth-order valence-electron chi connectivity index (χ4n) is 2.15. The first-order chi connectivity index (χ1) is 10.4. The molecule has 22 heavy (non-hydrogen) atoms. The van der Waals surface area contributed by atoms with Crippen LogP contribution in [0.3, 0.4) is 0 Å². The maximum atomic E-state index is 12.4. The molecule has 1 aromatic rings. The predicted octanol–water partition coefficient (Wildman–Crippen LogP) is 3.25. The molecule has 1 heterocycles. The highest BCUT2D eigenvalue weighted by Crippen LogP contribution is 2.23. The Labute approximate surface area is 126 Å². The SMILES string of the molecule is CN(C(=O)C(F)(F)F)c1ccc(COC2CCCCO2)cc1. The van der Waals surface area contributed by atoms with Crippen LogP contribution in [0.15, 0.2) is 24.3 Å². The number of carbonyl (C=O) groups is 1. The lowest BCUT2D eigenvalue weighted by atomic mass is 10.2. The van der Waals surface area contributed by atoms with Crippen LogP contribution in [-0.2, 0) is 20.9 Å². The largest absolute Gasteiger partial charge is 0.471 e. The van der Waals surface area contributed by atoms with Crippen molar-refractivity contribution in [3.8, 4) is 0 Å². The van der Waals surface area contributed by atoms with Gasteiger partial charge in [0.2, 0.25) is 0 Å². The van der Waals surface area contributed by atoms with Crippen LogP contribution in [0.4, 0.5) is 18.9 Å². The monoisotopic (exact) mass is 317 g/mol. The van der Waals surface area contributed by atoms with E-state index in [0.717, 1.165) is 31.9 Å². The normalized spacial score (nSPS) is 19.0. The second kappa shape index (κ2) is 7.11. The van der Waals surface area contributed by atoms with Crippen LogP contribution in [0.5, 0.6) is 0 Å². The van der Waals surface area contributed by atoms with Crippen LogP contribution in [0.2, 0.25) is 0 Å². The molecule has 1 unspecified atom stereocenters. The smallest absolute Gasteiger partial charge is 0.353 e. The van der Waals surface area contributed by atoms with Crippen LogP contribution in [0.25, 0.3) is 0 Å². The van der Waals surface area contributed by atoms with Gasteiger partial charge in [-0.2, -0.15) is 13.2 Å². The molecule has 1 aliphatic rings. The third-order valence-electron chi connectivity index (χ3n) is 3.44. The van der Waals surface area contributed by atoms with E-state index in [9.17, 15) is 18.0 Å². The number of rotatable bonds is 4. The molecule has 0 bridgehead atoms. The first kappa shape index (κ1) is 16.8. The molecule has 7 heteroatoms. The summed E-state index contributed by atoms with van der Waals surface area (Å²) in [6.45, 7) is 1.01. The van der Waals surface area contributed by atoms with E-state index in [1.807, 2.05) is 0 Å². The van der Waals surface area contributed by atoms with Gasteiger partial charge in [0.05, 0.1) is 6.61 Å². The van der Waals surface area contributed by atoms with E-state index in [2.05, 4.69) is 0 Å². The van der Waals surface area contributed by atoms with Gasteiger partial charge in [0, 0.05) is 19.3 Å². The van der Waals surface area contributed by atoms with E-state index in [1.165, 1.54) is 12.1 Å². The number of hydrogen-bond donors (Lipinski definition) is 0. The Bertz CT molecular complexity index is 496. The zero-order chi connectivity index (χ0) is 16.2. The van der Waals surface area contributed by atoms with Crippen molar-refractivity contribution in [1.29, 1.82) is 0 Å². The van der Waals surface area contributed by atoms with Crippen molar-refractivity contribution in [3.05, 3.63) is 29.8 Å². The quantitative estimate of drug-likeness (QED) is 0.855. The zero-order valence-electron chi connectivity index (χ0n) is 12.2. The Balaban J connectivity index is 1.91. The highest BCUT2D eigenvalue weighted by molar-refractivity contribution is 5.96. The Hall–Kier alpha value is -1.60. The summed E-state index contributed by atoms with van der Waals surface area (Å²) in [5, 5.41) is 0. The van der Waals surface area contributed by atoms with E-state index in [4.69, 9.17) is 9.47 Å². The van der Waals surface area contributed by atoms with Gasteiger partial charge in [-0.1, -0.05) is 12.1 Å². The van der Waals surface area contributed by atoms with Gasteiger partial charge in [0.1, 0.15) is 0 Å². The van der Waals surface area contributed by atoms with Gasteiger partial charge < -0.3 is 14.4 Å². The minimum Gasteiger partial charge on any atom is -0.353 e. The molecular formula is C15H18F3NO3. The minimum absolute atomic E-state index is 0.181. The molecule has 4 nitrogen and oxygen atoms in total. The average molecular weight is 317 g/mol. The second-order valence-corrected chi connectivity index (χ2v) is 5.14. The summed E-state index contributed by atoms with van der Waals surface area (Å²) in [6, 6.07) is 6.20. The molecule has 0 aromatic heterocycles. The van der Waals surface area contributed by atoms with Gasteiger partial charge >= 0.3 is 12.1 Å². The number of amides is 1. The van der Waals surface area contributed by atoms with E-state index >= 15 is 0 Å². The standard InChI is InChI=1S/C15H18F3NO3/c1-19(14(20)15(16,17)18)12-7-5-11(6-8-12)10-22-13-4-2-3-9-21-13/h5-8,13H,2-4,9-10H2,1H3. The van der Waals surface area contributed by atoms with Crippen molar-refractivity contribution in [2.75, 3.05) is 18.6 Å². The molecule has 1 saturated heterocycles. The van der Waals surface area contributed by atoms with Crippen LogP contribution >= 0.6 is 0 Å². The van der Waals surface area contributed by atoms with Crippen molar-refractivity contribution in [3.63, 3.8) is 0 Å². The third kappa shape index (κ3) is 4.45. The first-order valence-electron chi connectivity index (χ1n) is 7.05. The van der Waals surface area contributed by atoms with E-state index < -0.39 is 12.1 Å². The van der Waals surface area contributed by atoms with Gasteiger partial charge in [-0.05, 0) is 37.0 Å². The molecule has 1 fully saturated rings. The molecule has 1 aromatic carbocycles. The van der Waals surface area contributed by atoms with Crippen LogP contribution in [-0.4, -0.2) is 32.0 Å². The predicted molar refractivity (Wildman–Crippen MR) is 74.3 cm³/mol. The van der Waals surface area contributed by atoms with Crippen molar-refractivity contribution < 1.29 is 27.4 Å². The molecule has 1 aliphatic heterocycles. The maximum absolute atomic E-state index is 12.4. The Morgan fingerprint density at radius 3 is 2.55 bits per heavy atom. The molecule has 0 radical (unpaired) electrons. The zero-order valence-corrected chi connectivity index (χ0v) is 12.2. The summed E-state index contributed by atoms with van der Waals surface area (Å²) in [6.07, 6.45) is -2.15. The summed E-state index contributed by atoms with van der Waals surface area (Å²) >= 11 is 0. The Morgan fingerprint density at radius 2 is 2.00 bits per heavy atom. The van der Waals surface area contributed by atoms with Crippen molar-refractivity contribution in [2.45, 2.75) is 38.3 Å². The van der Waals surface area contributed by atoms with Gasteiger partial charge in [-0.25, -0.2) is 0 Å². The van der Waals surface area contributed by atoms with Gasteiger partial charge in [-0.15, -0.1) is 0 Å². The van der Waals surface area contributed by atoms with E-state index in [-0.39, 0.29) is 12.0 Å². The molecule has 1 amide bonds. The first-order valence-corrected chi connectivity index (χ1v) is 7.05. The fourth-order valence-corrected chi connectivity index (χ4v) is 2.15. The second-order valence-electron chi connectivity index (χ2n) is 5.14. The molecule has 0 N–H and O–H groups in total. The highest BCUT2D eigenvalue weighted by atomic mass is 19.4. The van der Waals surface area contributed by atoms with Crippen molar-refractivity contribution in [1.82, 2.24) is 0 Å². The van der Waals surface area contributed by atoms with Gasteiger partial charge in [0.25, 0.3) is 0 Å². The lowest BCUT2D eigenvalue weighted by molar-refractivity contribution is -0.170. The maximum Gasteiger partial charge on any atom is 0.471 e. The van der Waals surface area contributed by atoms with Crippen LogP contribution < -0.4 is 4.90 Å². The summed E-state index contributed by atoms with van der Waals surface area (Å²) < 4.78 is 48.1. The Kier molecular flexibility index (Phi) is 5.42. The van der Waals surface area contributed by atoms with E-state index in [1.54, 1.807) is 12.1 Å². The number of alkyl halides is 3. The molecule has 0 aliphatic carbocycles. The number of nitrogens with zero attached hydrogens (tertiary/aromatic N) is 1. The highest BCUT2D eigenvalue weighted by Gasteiger charge is 2.41. The van der Waals surface area contributed by atoms with Crippen LogP contribution in [0.1, 0.15) is 24.8 Å². The third-order valence-corrected chi connectivity index (χ3v) is 3.44. The summed E-state index contributed by atoms with van der Waals surface area (Å²) in [7, 11) is 1.09. The molecule has 0 saturated carbocycles. The minimum atomic E-state index is -4.88. The number of ether oxygens (including phenoxy) is 2. The molecule has 0 spiro atoms. The summed E-state index contributed by atoms with van der Waals surface area (Å²) in [5.41, 5.74) is 0.991. The molecule has 122 valence electrons. The lowest BCUT2D eigenvalue weighted by Gasteiger charge is -2.23. The lowest BCUT2D eigenvalue weighted by Crippen LogP contribution is -2.38. The summed E-state index contributed by atoms with van der Waals surface area (Å²) in [4.78, 5) is 11.7. The van der Waals surface area contributed by atoms with Gasteiger partial charge in [-0.3, -0.25) is 4.79 Å². The number of carbonyl (C=O) groups excluding carboxylic acids is 1. The molecular weight excluding hydrogens is 299 g/mol. The Morgan fingerprint density at radius 1 is 1.32 bits per heavy atom. The number of halogens is 3. The van der Waals surface area contributed by atoms with Crippen molar-refractivity contribution >= 4 is 11.6 Å². The fraction of sp³-hybridized carbons (Fsp3) is 0.533. The topological polar surface area (TPSA) is 38.8 Å². The number of benzene rings is 1. The van der Waals surface area contributed by atoms with E-state index in [0.29, 0.717) is 18.1 Å². The number of anilines is 1.